The van der Waals surface area contributed by atoms with E-state index in [1.165, 1.54) is 0 Å². The third-order valence-corrected chi connectivity index (χ3v) is 5.57. The van der Waals surface area contributed by atoms with Crippen molar-refractivity contribution in [1.82, 2.24) is 4.90 Å². The molecular weight excluding hydrogens is 348 g/mol. The van der Waals surface area contributed by atoms with Gasteiger partial charge in [-0.1, -0.05) is 24.3 Å². The lowest BCUT2D eigenvalue weighted by atomic mass is 9.82. The Morgan fingerprint density at radius 2 is 1.78 bits per heavy atom. The zero-order chi connectivity index (χ0) is 19.0. The van der Waals surface area contributed by atoms with E-state index in [9.17, 15) is 14.7 Å². The molecule has 4 atom stereocenters. The first-order valence-electron chi connectivity index (χ1n) is 9.42. The molecule has 2 fully saturated rings. The molecule has 7 nitrogen and oxygen atoms in total. The lowest BCUT2D eigenvalue weighted by molar-refractivity contribution is -0.149. The van der Waals surface area contributed by atoms with Crippen molar-refractivity contribution < 1.29 is 24.2 Å². The highest BCUT2D eigenvalue weighted by molar-refractivity contribution is 5.87. The van der Waals surface area contributed by atoms with Crippen LogP contribution in [0.2, 0.25) is 0 Å². The second-order valence-electron chi connectivity index (χ2n) is 7.05. The van der Waals surface area contributed by atoms with Gasteiger partial charge in [0.15, 0.2) is 0 Å². The van der Waals surface area contributed by atoms with Crippen molar-refractivity contribution in [2.75, 3.05) is 37.7 Å². The molecule has 3 aliphatic rings. The molecule has 0 saturated carbocycles. The van der Waals surface area contributed by atoms with E-state index in [4.69, 9.17) is 9.47 Å². The number of nitrogens with zero attached hydrogens (tertiary/aromatic N) is 2. The van der Waals surface area contributed by atoms with E-state index in [1.807, 2.05) is 37.3 Å². The molecule has 0 aromatic heterocycles. The summed E-state index contributed by atoms with van der Waals surface area (Å²) in [4.78, 5) is 28.6. The summed E-state index contributed by atoms with van der Waals surface area (Å²) in [6.07, 6.45) is 2.68. The fraction of sp³-hybridized carbons (Fsp3) is 0.500. The van der Waals surface area contributed by atoms with Crippen LogP contribution in [0.5, 0.6) is 5.75 Å². The van der Waals surface area contributed by atoms with Crippen molar-refractivity contribution in [3.05, 3.63) is 36.4 Å². The Kier molecular flexibility index (Phi) is 4.78. The van der Waals surface area contributed by atoms with Crippen molar-refractivity contribution in [3.63, 3.8) is 0 Å². The van der Waals surface area contributed by atoms with E-state index < -0.39 is 30.0 Å². The third kappa shape index (κ3) is 3.16. The van der Waals surface area contributed by atoms with E-state index in [2.05, 4.69) is 4.90 Å². The summed E-state index contributed by atoms with van der Waals surface area (Å²) in [5, 5.41) is 9.52. The molecule has 3 aliphatic heterocycles. The normalized spacial score (nSPS) is 29.2. The Hall–Kier alpha value is -2.54. The van der Waals surface area contributed by atoms with Gasteiger partial charge in [-0.2, -0.15) is 0 Å². The van der Waals surface area contributed by atoms with Gasteiger partial charge in [0.25, 0.3) is 0 Å². The van der Waals surface area contributed by atoms with Gasteiger partial charge in [0.1, 0.15) is 11.7 Å². The van der Waals surface area contributed by atoms with Crippen LogP contribution in [0, 0.1) is 11.8 Å². The summed E-state index contributed by atoms with van der Waals surface area (Å²) in [7, 11) is 0. The van der Waals surface area contributed by atoms with Gasteiger partial charge in [-0.25, -0.2) is 0 Å². The van der Waals surface area contributed by atoms with Crippen LogP contribution < -0.4 is 9.64 Å². The molecule has 1 aromatic carbocycles. The highest BCUT2D eigenvalue weighted by Crippen LogP contribution is 2.40. The first-order chi connectivity index (χ1) is 13.1. The summed E-state index contributed by atoms with van der Waals surface area (Å²) in [6, 6.07) is 7.90. The van der Waals surface area contributed by atoms with Crippen LogP contribution in [-0.4, -0.2) is 66.9 Å². The molecule has 0 radical (unpaired) electrons. The number of fused-ring (bicyclic) bond motifs is 2. The Labute approximate surface area is 158 Å². The quantitative estimate of drug-likeness (QED) is 0.787. The largest absolute Gasteiger partial charge is 0.492 e. The first kappa shape index (κ1) is 17.9. The van der Waals surface area contributed by atoms with Gasteiger partial charge in [0, 0.05) is 26.2 Å². The lowest BCUT2D eigenvalue weighted by Crippen LogP contribution is -2.53. The SMILES string of the molecule is CCOc1ccccc1N1CCN(C(=O)C2C3C=CC(O3)C2C(=O)O)CC1. The Balaban J connectivity index is 1.43. The molecule has 2 bridgehead atoms. The number of carboxylic acids is 1. The molecule has 27 heavy (non-hydrogen) atoms. The molecule has 0 spiro atoms. The fourth-order valence-electron chi connectivity index (χ4n) is 4.27. The number of anilines is 1. The standard InChI is InChI=1S/C20H24N2O5/c1-2-26-14-6-4-3-5-13(14)21-9-11-22(12-10-21)19(23)17-15-7-8-16(27-15)18(17)20(24)25/h3-8,15-18H,2,9-12H2,1H3,(H,24,25). The Bertz CT molecular complexity index is 756. The van der Waals surface area contributed by atoms with E-state index >= 15 is 0 Å². The molecule has 0 aliphatic carbocycles. The number of aliphatic carboxylic acids is 1. The van der Waals surface area contributed by atoms with Gasteiger partial charge in [0.05, 0.1) is 30.4 Å². The second-order valence-corrected chi connectivity index (χ2v) is 7.05. The van der Waals surface area contributed by atoms with Crippen molar-refractivity contribution in [2.24, 2.45) is 11.8 Å². The molecular formula is C20H24N2O5. The summed E-state index contributed by atoms with van der Waals surface area (Å²) < 4.78 is 11.3. The number of hydrogen-bond donors (Lipinski definition) is 1. The molecule has 1 N–H and O–H groups in total. The molecule has 7 heteroatoms. The number of piperazine rings is 1. The molecule has 144 valence electrons. The number of rotatable bonds is 5. The molecule has 1 amide bonds. The third-order valence-electron chi connectivity index (χ3n) is 5.57. The van der Waals surface area contributed by atoms with Crippen LogP contribution in [0.3, 0.4) is 0 Å². The van der Waals surface area contributed by atoms with Gasteiger partial charge < -0.3 is 24.4 Å². The van der Waals surface area contributed by atoms with Crippen LogP contribution in [0.4, 0.5) is 5.69 Å². The topological polar surface area (TPSA) is 79.3 Å². The van der Waals surface area contributed by atoms with Gasteiger partial charge >= 0.3 is 5.97 Å². The number of para-hydroxylation sites is 2. The maximum absolute atomic E-state index is 13.0. The van der Waals surface area contributed by atoms with E-state index in [-0.39, 0.29) is 5.91 Å². The zero-order valence-corrected chi connectivity index (χ0v) is 15.3. The fourth-order valence-corrected chi connectivity index (χ4v) is 4.27. The number of benzene rings is 1. The monoisotopic (exact) mass is 372 g/mol. The van der Waals surface area contributed by atoms with Crippen molar-refractivity contribution >= 4 is 17.6 Å². The van der Waals surface area contributed by atoms with Gasteiger partial charge in [-0.05, 0) is 19.1 Å². The smallest absolute Gasteiger partial charge is 0.310 e. The molecule has 2 saturated heterocycles. The van der Waals surface area contributed by atoms with E-state index in [1.54, 1.807) is 11.0 Å². The van der Waals surface area contributed by atoms with Crippen molar-refractivity contribution in [3.8, 4) is 5.75 Å². The molecule has 4 unspecified atom stereocenters. The van der Waals surface area contributed by atoms with Crippen molar-refractivity contribution in [2.45, 2.75) is 19.1 Å². The Morgan fingerprint density at radius 3 is 2.44 bits per heavy atom. The van der Waals surface area contributed by atoms with Crippen LogP contribution in [0.15, 0.2) is 36.4 Å². The molecule has 3 heterocycles. The molecule has 1 aromatic rings. The Morgan fingerprint density at radius 1 is 1.11 bits per heavy atom. The minimum absolute atomic E-state index is 0.114. The van der Waals surface area contributed by atoms with Gasteiger partial charge in [0.2, 0.25) is 5.91 Å². The predicted octanol–water partition coefficient (Wildman–Crippen LogP) is 1.39. The minimum atomic E-state index is -0.963. The average molecular weight is 372 g/mol. The lowest BCUT2D eigenvalue weighted by Gasteiger charge is -2.38. The first-order valence-corrected chi connectivity index (χ1v) is 9.42. The molecule has 4 rings (SSSR count). The minimum Gasteiger partial charge on any atom is -0.492 e. The highest BCUT2D eigenvalue weighted by Gasteiger charge is 2.54. The van der Waals surface area contributed by atoms with Crippen molar-refractivity contribution in [1.29, 1.82) is 0 Å². The van der Waals surface area contributed by atoms with Gasteiger partial charge in [-0.15, -0.1) is 0 Å². The number of carbonyl (C=O) groups is 2. The summed E-state index contributed by atoms with van der Waals surface area (Å²) in [6.45, 7) is 5.05. The second kappa shape index (κ2) is 7.23. The van der Waals surface area contributed by atoms with Crippen LogP contribution >= 0.6 is 0 Å². The number of ether oxygens (including phenoxy) is 2. The number of amides is 1. The van der Waals surface area contributed by atoms with E-state index in [0.717, 1.165) is 11.4 Å². The summed E-state index contributed by atoms with van der Waals surface area (Å²) >= 11 is 0. The number of hydrogen-bond acceptors (Lipinski definition) is 5. The highest BCUT2D eigenvalue weighted by atomic mass is 16.5. The number of carbonyl (C=O) groups excluding carboxylic acids is 1. The number of carboxylic acid groups (broad SMARTS) is 1. The van der Waals surface area contributed by atoms with Crippen LogP contribution in [0.1, 0.15) is 6.92 Å². The predicted molar refractivity (Wildman–Crippen MR) is 98.8 cm³/mol. The van der Waals surface area contributed by atoms with Crippen LogP contribution in [-0.2, 0) is 14.3 Å². The summed E-state index contributed by atoms with van der Waals surface area (Å²) in [5.41, 5.74) is 1.03. The van der Waals surface area contributed by atoms with Gasteiger partial charge in [-0.3, -0.25) is 9.59 Å². The average Bonchev–Trinajstić information content (AvgIpc) is 3.30. The van der Waals surface area contributed by atoms with Crippen LogP contribution in [0.25, 0.3) is 0 Å². The van der Waals surface area contributed by atoms with E-state index in [0.29, 0.717) is 32.8 Å². The summed E-state index contributed by atoms with van der Waals surface area (Å²) in [5.74, 6) is -1.65. The maximum atomic E-state index is 13.0. The maximum Gasteiger partial charge on any atom is 0.310 e. The zero-order valence-electron chi connectivity index (χ0n) is 15.3.